The highest BCUT2D eigenvalue weighted by molar-refractivity contribution is 6.27. The first kappa shape index (κ1) is 36.8. The summed E-state index contributed by atoms with van der Waals surface area (Å²) in [4.78, 5) is 32.0. The zero-order valence-corrected chi connectivity index (χ0v) is 32.3. The molecule has 6 aromatic rings. The van der Waals surface area contributed by atoms with E-state index in [1.54, 1.807) is 0 Å². The maximum atomic E-state index is 14.7. The molecule has 5 nitrogen and oxygen atoms in total. The lowest BCUT2D eigenvalue weighted by atomic mass is 9.86. The zero-order chi connectivity index (χ0) is 37.3. The summed E-state index contributed by atoms with van der Waals surface area (Å²) in [5.74, 6) is 0.0739. The van der Waals surface area contributed by atoms with Gasteiger partial charge in [-0.25, -0.2) is 4.79 Å². The van der Waals surface area contributed by atoms with Gasteiger partial charge in [-0.15, -0.1) is 0 Å². The van der Waals surface area contributed by atoms with Crippen LogP contribution in [0.15, 0.2) is 90.1 Å². The lowest BCUT2D eigenvalue weighted by Crippen LogP contribution is -2.12. The van der Waals surface area contributed by atoms with Crippen molar-refractivity contribution in [1.82, 2.24) is 4.57 Å². The fraction of sp³-hybridized carbons (Fsp3) is 0.340. The van der Waals surface area contributed by atoms with Gasteiger partial charge in [-0.05, 0) is 78.8 Å². The second-order valence-corrected chi connectivity index (χ2v) is 15.6. The Balaban J connectivity index is 1.65. The molecule has 52 heavy (non-hydrogen) atoms. The number of nitrogens with zero attached hydrogens (tertiary/aromatic N) is 2. The number of carbonyl (C=O) groups is 2. The van der Waals surface area contributed by atoms with Crippen LogP contribution in [0.5, 0.6) is 0 Å². The molecule has 5 heteroatoms. The van der Waals surface area contributed by atoms with E-state index in [0.29, 0.717) is 17.2 Å². The molecule has 0 bridgehead atoms. The van der Waals surface area contributed by atoms with Crippen LogP contribution in [0.3, 0.4) is 0 Å². The first-order chi connectivity index (χ1) is 24.8. The number of rotatable bonds is 11. The van der Waals surface area contributed by atoms with E-state index in [4.69, 9.17) is 4.84 Å². The van der Waals surface area contributed by atoms with Gasteiger partial charge >= 0.3 is 5.97 Å². The Morgan fingerprint density at radius 3 is 2.06 bits per heavy atom. The molecule has 1 heterocycles. The van der Waals surface area contributed by atoms with E-state index in [-0.39, 0.29) is 11.2 Å². The molecule has 268 valence electrons. The second kappa shape index (κ2) is 14.9. The van der Waals surface area contributed by atoms with Crippen LogP contribution < -0.4 is 0 Å². The first-order valence-electron chi connectivity index (χ1n) is 18.8. The molecular formula is C47H52N2O3. The highest BCUT2D eigenvalue weighted by atomic mass is 16.7. The van der Waals surface area contributed by atoms with Gasteiger partial charge in [0.15, 0.2) is 5.78 Å². The van der Waals surface area contributed by atoms with Crippen LogP contribution in [-0.4, -0.2) is 22.0 Å². The minimum Gasteiger partial charge on any atom is -0.340 e. The van der Waals surface area contributed by atoms with Gasteiger partial charge in [-0.1, -0.05) is 131 Å². The summed E-state index contributed by atoms with van der Waals surface area (Å²) in [5, 5.41) is 8.51. The maximum Gasteiger partial charge on any atom is 0.332 e. The second-order valence-electron chi connectivity index (χ2n) is 15.6. The minimum absolute atomic E-state index is 0.00644. The molecule has 1 atom stereocenters. The quantitative estimate of drug-likeness (QED) is 0.0588. The van der Waals surface area contributed by atoms with Gasteiger partial charge in [-0.2, -0.15) is 0 Å². The predicted molar refractivity (Wildman–Crippen MR) is 217 cm³/mol. The normalized spacial score (nSPS) is 12.9. The van der Waals surface area contributed by atoms with Crippen molar-refractivity contribution in [2.24, 2.45) is 11.1 Å². The molecule has 0 aliphatic heterocycles. The fourth-order valence-electron chi connectivity index (χ4n) is 7.85. The van der Waals surface area contributed by atoms with Crippen molar-refractivity contribution < 1.29 is 14.4 Å². The summed E-state index contributed by atoms with van der Waals surface area (Å²) in [7, 11) is 0. The SMILES string of the molecule is CCCCC(CC)Cn1c2ccc(C(=NOC(C)=O)c3ccc(C(C)(C)C)cc3)cc2c2cc(C(=O)c3c(C)cc(C)cc3C)c3ccccc3c21. The van der Waals surface area contributed by atoms with Crippen LogP contribution in [-0.2, 0) is 21.6 Å². The number of hydrogen-bond acceptors (Lipinski definition) is 4. The largest absolute Gasteiger partial charge is 0.340 e. The topological polar surface area (TPSA) is 60.7 Å². The van der Waals surface area contributed by atoms with Gasteiger partial charge in [0.2, 0.25) is 0 Å². The fourth-order valence-corrected chi connectivity index (χ4v) is 7.85. The van der Waals surface area contributed by atoms with Crippen LogP contribution in [0.4, 0.5) is 0 Å². The Bertz CT molecular complexity index is 2310. The molecule has 0 aliphatic rings. The predicted octanol–water partition coefficient (Wildman–Crippen LogP) is 11.9. The molecular weight excluding hydrogens is 641 g/mol. The summed E-state index contributed by atoms with van der Waals surface area (Å²) >= 11 is 0. The van der Waals surface area contributed by atoms with Crippen molar-refractivity contribution in [3.05, 3.63) is 129 Å². The Kier molecular flexibility index (Phi) is 10.5. The average Bonchev–Trinajstić information content (AvgIpc) is 3.41. The van der Waals surface area contributed by atoms with Gasteiger partial charge in [-0.3, -0.25) is 4.79 Å². The molecule has 5 aromatic carbocycles. The summed E-state index contributed by atoms with van der Waals surface area (Å²) < 4.78 is 2.48. The number of aryl methyl sites for hydroxylation is 3. The van der Waals surface area contributed by atoms with E-state index in [9.17, 15) is 9.59 Å². The monoisotopic (exact) mass is 692 g/mol. The van der Waals surface area contributed by atoms with Crippen LogP contribution in [0.2, 0.25) is 0 Å². The Labute approximate surface area is 308 Å². The summed E-state index contributed by atoms with van der Waals surface area (Å²) in [6, 6.07) is 29.4. The summed E-state index contributed by atoms with van der Waals surface area (Å²) in [6.07, 6.45) is 4.61. The Hall–Kier alpha value is -5.03. The molecule has 0 amide bonds. The van der Waals surface area contributed by atoms with Crippen molar-refractivity contribution in [2.45, 2.75) is 100.0 Å². The number of ketones is 1. The number of hydrogen-bond donors (Lipinski definition) is 0. The molecule has 0 saturated carbocycles. The molecule has 0 fully saturated rings. The molecule has 0 spiro atoms. The smallest absolute Gasteiger partial charge is 0.332 e. The lowest BCUT2D eigenvalue weighted by Gasteiger charge is -2.19. The Morgan fingerprint density at radius 2 is 1.44 bits per heavy atom. The highest BCUT2D eigenvalue weighted by Gasteiger charge is 2.24. The lowest BCUT2D eigenvalue weighted by molar-refractivity contribution is -0.140. The van der Waals surface area contributed by atoms with E-state index < -0.39 is 5.97 Å². The number of unbranched alkanes of at least 4 members (excludes halogenated alkanes) is 1. The molecule has 0 N–H and O–H groups in total. The van der Waals surface area contributed by atoms with Gasteiger partial charge in [0, 0.05) is 57.4 Å². The van der Waals surface area contributed by atoms with Crippen LogP contribution >= 0.6 is 0 Å². The third-order valence-corrected chi connectivity index (χ3v) is 10.6. The maximum absolute atomic E-state index is 14.7. The van der Waals surface area contributed by atoms with Crippen molar-refractivity contribution in [3.63, 3.8) is 0 Å². The molecule has 1 unspecified atom stereocenters. The highest BCUT2D eigenvalue weighted by Crippen LogP contribution is 2.39. The third-order valence-electron chi connectivity index (χ3n) is 10.6. The number of carbonyl (C=O) groups excluding carboxylic acids is 2. The van der Waals surface area contributed by atoms with Crippen molar-refractivity contribution in [2.75, 3.05) is 0 Å². The summed E-state index contributed by atoms with van der Waals surface area (Å²) in [6.45, 7) is 19.5. The van der Waals surface area contributed by atoms with E-state index in [1.807, 2.05) is 32.0 Å². The van der Waals surface area contributed by atoms with Crippen molar-refractivity contribution in [3.8, 4) is 0 Å². The van der Waals surface area contributed by atoms with E-state index >= 15 is 0 Å². The number of oxime groups is 1. The van der Waals surface area contributed by atoms with E-state index in [2.05, 4.69) is 118 Å². The molecule has 1 aromatic heterocycles. The van der Waals surface area contributed by atoms with Gasteiger partial charge in [0.05, 0.1) is 5.52 Å². The number of fused-ring (bicyclic) bond motifs is 5. The van der Waals surface area contributed by atoms with Gasteiger partial charge in [0.25, 0.3) is 0 Å². The Morgan fingerprint density at radius 1 is 0.788 bits per heavy atom. The van der Waals surface area contributed by atoms with Crippen molar-refractivity contribution in [1.29, 1.82) is 0 Å². The van der Waals surface area contributed by atoms with Crippen LogP contribution in [0.1, 0.15) is 117 Å². The van der Waals surface area contributed by atoms with Crippen LogP contribution in [0, 0.1) is 26.7 Å². The molecule has 0 aliphatic carbocycles. The van der Waals surface area contributed by atoms with Gasteiger partial charge in [0.1, 0.15) is 5.71 Å². The molecule has 0 radical (unpaired) electrons. The van der Waals surface area contributed by atoms with E-state index in [1.165, 1.54) is 25.3 Å². The number of benzene rings is 5. The van der Waals surface area contributed by atoms with E-state index in [0.717, 1.165) is 85.3 Å². The molecule has 6 rings (SSSR count). The minimum atomic E-state index is -0.476. The zero-order valence-electron chi connectivity index (χ0n) is 32.3. The van der Waals surface area contributed by atoms with Crippen molar-refractivity contribution >= 4 is 50.0 Å². The third kappa shape index (κ3) is 7.19. The van der Waals surface area contributed by atoms with Gasteiger partial charge < -0.3 is 9.40 Å². The molecule has 0 saturated heterocycles. The first-order valence-corrected chi connectivity index (χ1v) is 18.8. The summed E-state index contributed by atoms with van der Waals surface area (Å²) in [5.41, 5.74) is 10.3. The average molecular weight is 693 g/mol. The standard InChI is InChI=1S/C47H52N2O3/c1-10-12-15-33(11-2)28-49-42-23-20-35(44(48-52-32(6)50)34-18-21-36(22-19-34)47(7,8)9)26-39(42)40-27-41(37-16-13-14-17-38(37)45(40)49)46(51)43-30(4)24-29(3)25-31(43)5/h13-14,16-27,33H,10-12,15,28H2,1-9H3. The number of aromatic nitrogens is 1. The van der Waals surface area contributed by atoms with Crippen LogP contribution in [0.25, 0.3) is 32.6 Å².